The van der Waals surface area contributed by atoms with Gasteiger partial charge < -0.3 is 10.1 Å². The molecular weight excluding hydrogens is 377 g/mol. The molecule has 2 aromatic rings. The molecule has 0 fully saturated rings. The molecule has 0 radical (unpaired) electrons. The number of esters is 1. The third-order valence-electron chi connectivity index (χ3n) is 2.88. The fraction of sp³-hybridized carbons (Fsp3) is 0.133. The van der Waals surface area contributed by atoms with Crippen molar-refractivity contribution in [1.82, 2.24) is 0 Å². The highest BCUT2D eigenvalue weighted by Crippen LogP contribution is 2.32. The van der Waals surface area contributed by atoms with Crippen LogP contribution in [-0.2, 0) is 9.53 Å². The van der Waals surface area contributed by atoms with Gasteiger partial charge in [0.1, 0.15) is 0 Å². The van der Waals surface area contributed by atoms with Crippen LogP contribution in [0.15, 0.2) is 46.9 Å². The summed E-state index contributed by atoms with van der Waals surface area (Å²) in [6, 6.07) is 11.8. The minimum atomic E-state index is -0.734. The number of carbonyl (C=O) groups excluding carboxylic acids is 1. The van der Waals surface area contributed by atoms with Crippen LogP contribution in [0.1, 0.15) is 11.6 Å². The van der Waals surface area contributed by atoms with E-state index in [1.54, 1.807) is 18.2 Å². The Kier molecular flexibility index (Phi) is 5.51. The van der Waals surface area contributed by atoms with E-state index in [1.807, 2.05) is 24.3 Å². The van der Waals surface area contributed by atoms with Crippen molar-refractivity contribution in [3.63, 3.8) is 0 Å². The summed E-state index contributed by atoms with van der Waals surface area (Å²) in [6.45, 7) is 0. The Morgan fingerprint density at radius 3 is 2.48 bits per heavy atom. The number of hydrogen-bond acceptors (Lipinski definition) is 3. The maximum Gasteiger partial charge on any atom is 0.333 e. The molecule has 0 aliphatic heterocycles. The molecule has 0 saturated heterocycles. The number of benzene rings is 2. The van der Waals surface area contributed by atoms with Crippen LogP contribution in [0.5, 0.6) is 0 Å². The van der Waals surface area contributed by atoms with Gasteiger partial charge in [-0.15, -0.1) is 0 Å². The molecule has 0 heterocycles. The highest BCUT2D eigenvalue weighted by Gasteiger charge is 2.24. The van der Waals surface area contributed by atoms with E-state index in [2.05, 4.69) is 21.2 Å². The van der Waals surface area contributed by atoms with Crippen molar-refractivity contribution in [2.75, 3.05) is 12.4 Å². The molecule has 3 nitrogen and oxygen atoms in total. The summed E-state index contributed by atoms with van der Waals surface area (Å²) < 4.78 is 5.79. The van der Waals surface area contributed by atoms with Gasteiger partial charge >= 0.3 is 5.97 Å². The topological polar surface area (TPSA) is 38.3 Å². The molecule has 1 unspecified atom stereocenters. The van der Waals surface area contributed by atoms with Crippen LogP contribution in [0.4, 0.5) is 5.69 Å². The van der Waals surface area contributed by atoms with Gasteiger partial charge in [0.25, 0.3) is 0 Å². The van der Waals surface area contributed by atoms with Crippen molar-refractivity contribution in [1.29, 1.82) is 0 Å². The van der Waals surface area contributed by atoms with E-state index in [9.17, 15) is 4.79 Å². The molecule has 1 atom stereocenters. The van der Waals surface area contributed by atoms with Gasteiger partial charge in [0.15, 0.2) is 6.04 Å². The molecule has 0 aromatic heterocycles. The zero-order valence-electron chi connectivity index (χ0n) is 11.1. The van der Waals surface area contributed by atoms with Crippen LogP contribution in [0.25, 0.3) is 0 Å². The minimum Gasteiger partial charge on any atom is -0.467 e. The fourth-order valence-corrected chi connectivity index (χ4v) is 2.52. The number of nitrogens with one attached hydrogen (secondary N) is 1. The number of rotatable bonds is 4. The number of carbonyl (C=O) groups is 1. The van der Waals surface area contributed by atoms with Crippen molar-refractivity contribution < 1.29 is 9.53 Å². The molecule has 1 N–H and O–H groups in total. The largest absolute Gasteiger partial charge is 0.467 e. The predicted octanol–water partition coefficient (Wildman–Crippen LogP) is 5.08. The fourth-order valence-electron chi connectivity index (χ4n) is 1.84. The summed E-state index contributed by atoms with van der Waals surface area (Å²) in [5.41, 5.74) is 1.34. The van der Waals surface area contributed by atoms with Gasteiger partial charge in [-0.3, -0.25) is 0 Å². The zero-order chi connectivity index (χ0) is 15.4. The Balaban J connectivity index is 2.37. The first kappa shape index (κ1) is 16.1. The third kappa shape index (κ3) is 3.90. The molecule has 0 saturated carbocycles. The molecule has 2 aromatic carbocycles. The molecule has 2 rings (SSSR count). The lowest BCUT2D eigenvalue weighted by Gasteiger charge is -2.19. The first-order valence-corrected chi connectivity index (χ1v) is 7.61. The molecule has 6 heteroatoms. The molecule has 21 heavy (non-hydrogen) atoms. The van der Waals surface area contributed by atoms with Crippen LogP contribution in [0, 0.1) is 0 Å². The van der Waals surface area contributed by atoms with Gasteiger partial charge in [0.05, 0.1) is 17.2 Å². The standard InChI is InChI=1S/C15H12BrCl2NO2/c1-21-15(20)14(11-3-2-4-12(17)13(11)18)19-10-7-5-9(16)6-8-10/h2-8,14,19H,1H3. The van der Waals surface area contributed by atoms with Gasteiger partial charge in [-0.05, 0) is 30.3 Å². The van der Waals surface area contributed by atoms with E-state index in [1.165, 1.54) is 7.11 Å². The molecule has 0 spiro atoms. The van der Waals surface area contributed by atoms with Gasteiger partial charge in [-0.1, -0.05) is 51.3 Å². The molecule has 0 amide bonds. The van der Waals surface area contributed by atoms with Crippen LogP contribution in [0.2, 0.25) is 10.0 Å². The Hall–Kier alpha value is -1.23. The van der Waals surface area contributed by atoms with Crippen LogP contribution in [0.3, 0.4) is 0 Å². The first-order valence-electron chi connectivity index (χ1n) is 6.06. The van der Waals surface area contributed by atoms with E-state index in [0.717, 1.165) is 10.2 Å². The van der Waals surface area contributed by atoms with Gasteiger partial charge in [-0.25, -0.2) is 4.79 Å². The third-order valence-corrected chi connectivity index (χ3v) is 4.25. The lowest BCUT2D eigenvalue weighted by Crippen LogP contribution is -2.22. The number of halogens is 3. The maximum absolute atomic E-state index is 12.1. The summed E-state index contributed by atoms with van der Waals surface area (Å²) in [4.78, 5) is 12.1. The first-order chi connectivity index (χ1) is 10.0. The number of methoxy groups -OCH3 is 1. The number of hydrogen-bond donors (Lipinski definition) is 1. The van der Waals surface area contributed by atoms with Crippen LogP contribution < -0.4 is 5.32 Å². The lowest BCUT2D eigenvalue weighted by atomic mass is 10.1. The maximum atomic E-state index is 12.1. The molecule has 110 valence electrons. The van der Waals surface area contributed by atoms with E-state index in [0.29, 0.717) is 15.6 Å². The van der Waals surface area contributed by atoms with Gasteiger partial charge in [-0.2, -0.15) is 0 Å². The summed E-state index contributed by atoms with van der Waals surface area (Å²) >= 11 is 15.6. The monoisotopic (exact) mass is 387 g/mol. The van der Waals surface area contributed by atoms with Gasteiger partial charge in [0, 0.05) is 15.7 Å². The normalized spacial score (nSPS) is 11.8. The molecule has 0 aliphatic rings. The molecule has 0 bridgehead atoms. The second-order valence-electron chi connectivity index (χ2n) is 4.25. The van der Waals surface area contributed by atoms with E-state index < -0.39 is 12.0 Å². The Morgan fingerprint density at radius 2 is 1.86 bits per heavy atom. The Labute approximate surface area is 141 Å². The summed E-state index contributed by atoms with van der Waals surface area (Å²) in [6.07, 6.45) is 0. The van der Waals surface area contributed by atoms with Crippen molar-refractivity contribution in [3.05, 3.63) is 62.5 Å². The minimum absolute atomic E-state index is 0.333. The lowest BCUT2D eigenvalue weighted by molar-refractivity contribution is -0.141. The smallest absolute Gasteiger partial charge is 0.333 e. The van der Waals surface area contributed by atoms with E-state index in [4.69, 9.17) is 27.9 Å². The highest BCUT2D eigenvalue weighted by molar-refractivity contribution is 9.10. The van der Waals surface area contributed by atoms with Crippen LogP contribution in [-0.4, -0.2) is 13.1 Å². The summed E-state index contributed by atoms with van der Waals surface area (Å²) in [5, 5.41) is 3.82. The SMILES string of the molecule is COC(=O)C(Nc1ccc(Br)cc1)c1cccc(Cl)c1Cl. The van der Waals surface area contributed by atoms with Crippen molar-refractivity contribution in [2.45, 2.75) is 6.04 Å². The zero-order valence-corrected chi connectivity index (χ0v) is 14.2. The Morgan fingerprint density at radius 1 is 1.19 bits per heavy atom. The number of ether oxygens (including phenoxy) is 1. The van der Waals surface area contributed by atoms with Crippen molar-refractivity contribution in [2.24, 2.45) is 0 Å². The molecular formula is C15H12BrCl2NO2. The summed E-state index contributed by atoms with van der Waals surface area (Å²) in [5.74, 6) is -0.443. The van der Waals surface area contributed by atoms with E-state index >= 15 is 0 Å². The van der Waals surface area contributed by atoms with Crippen molar-refractivity contribution >= 4 is 50.8 Å². The average molecular weight is 389 g/mol. The quantitative estimate of drug-likeness (QED) is 0.742. The molecule has 0 aliphatic carbocycles. The van der Waals surface area contributed by atoms with E-state index in [-0.39, 0.29) is 0 Å². The number of anilines is 1. The van der Waals surface area contributed by atoms with Crippen molar-refractivity contribution in [3.8, 4) is 0 Å². The summed E-state index contributed by atoms with van der Waals surface area (Å²) in [7, 11) is 1.33. The second kappa shape index (κ2) is 7.16. The van der Waals surface area contributed by atoms with Gasteiger partial charge in [0.2, 0.25) is 0 Å². The average Bonchev–Trinajstić information content (AvgIpc) is 2.49. The predicted molar refractivity (Wildman–Crippen MR) is 89.0 cm³/mol. The second-order valence-corrected chi connectivity index (χ2v) is 5.95. The Bertz CT molecular complexity index is 647. The highest BCUT2D eigenvalue weighted by atomic mass is 79.9. The van der Waals surface area contributed by atoms with Crippen LogP contribution >= 0.6 is 39.1 Å².